The highest BCUT2D eigenvalue weighted by molar-refractivity contribution is 9.10. The molecule has 0 saturated carbocycles. The van der Waals surface area contributed by atoms with Crippen molar-refractivity contribution in [2.75, 3.05) is 19.4 Å². The summed E-state index contributed by atoms with van der Waals surface area (Å²) in [6.07, 6.45) is 0. The van der Waals surface area contributed by atoms with Crippen LogP contribution in [0.3, 0.4) is 0 Å². The maximum Gasteiger partial charge on any atom is 0.255 e. The zero-order valence-corrected chi connectivity index (χ0v) is 18.7. The van der Waals surface area contributed by atoms with E-state index in [4.69, 9.17) is 0 Å². The minimum absolute atomic E-state index is 0.0248. The largest absolute Gasteiger partial charge is 0.322 e. The van der Waals surface area contributed by atoms with E-state index in [2.05, 4.69) is 31.5 Å². The first-order chi connectivity index (χ1) is 14.3. The van der Waals surface area contributed by atoms with Crippen LogP contribution in [0.15, 0.2) is 92.4 Å². The van der Waals surface area contributed by atoms with Gasteiger partial charge < -0.3 is 5.32 Å². The molecule has 0 aromatic heterocycles. The normalized spacial score (nSPS) is 11.7. The van der Waals surface area contributed by atoms with Crippen LogP contribution in [-0.2, 0) is 10.0 Å². The summed E-state index contributed by atoms with van der Waals surface area (Å²) >= 11 is 3.23. The summed E-state index contributed by atoms with van der Waals surface area (Å²) in [5.74, 6) is -0.420. The van der Waals surface area contributed by atoms with Crippen molar-refractivity contribution in [3.8, 4) is 0 Å². The first-order valence-electron chi connectivity index (χ1n) is 8.87. The molecule has 154 valence electrons. The number of azo groups is 1. The molecule has 9 heteroatoms. The highest BCUT2D eigenvalue weighted by Gasteiger charge is 2.22. The molecule has 0 aliphatic rings. The molecule has 7 nitrogen and oxygen atoms in total. The Kier molecular flexibility index (Phi) is 6.76. The molecule has 0 aliphatic carbocycles. The van der Waals surface area contributed by atoms with Gasteiger partial charge in [-0.1, -0.05) is 18.2 Å². The van der Waals surface area contributed by atoms with Gasteiger partial charge in [0, 0.05) is 29.8 Å². The van der Waals surface area contributed by atoms with Crippen molar-refractivity contribution in [3.05, 3.63) is 82.8 Å². The van der Waals surface area contributed by atoms with Crippen LogP contribution in [0.5, 0.6) is 0 Å². The molecule has 0 radical (unpaired) electrons. The minimum atomic E-state index is -3.69. The van der Waals surface area contributed by atoms with Crippen molar-refractivity contribution >= 4 is 48.9 Å². The summed E-state index contributed by atoms with van der Waals surface area (Å²) in [5.41, 5.74) is 2.17. The van der Waals surface area contributed by atoms with E-state index in [1.54, 1.807) is 36.4 Å². The van der Waals surface area contributed by atoms with Gasteiger partial charge in [0.25, 0.3) is 5.91 Å². The number of halogens is 1. The Hall–Kier alpha value is -2.88. The quantitative estimate of drug-likeness (QED) is 0.474. The number of nitrogens with one attached hydrogen (secondary N) is 1. The van der Waals surface area contributed by atoms with Gasteiger partial charge >= 0.3 is 0 Å². The second-order valence-corrected chi connectivity index (χ2v) is 9.44. The van der Waals surface area contributed by atoms with Crippen LogP contribution in [0.4, 0.5) is 17.1 Å². The van der Waals surface area contributed by atoms with E-state index in [1.165, 1.54) is 20.2 Å². The number of carbonyl (C=O) groups excluding carboxylic acids is 1. The summed E-state index contributed by atoms with van der Waals surface area (Å²) in [6, 6.07) is 20.7. The first kappa shape index (κ1) is 21.8. The average Bonchev–Trinajstić information content (AvgIpc) is 2.74. The number of carbonyl (C=O) groups is 1. The summed E-state index contributed by atoms with van der Waals surface area (Å²) in [7, 11) is -0.816. The molecule has 3 aromatic rings. The molecular weight excluding hydrogens is 468 g/mol. The summed E-state index contributed by atoms with van der Waals surface area (Å²) < 4.78 is 26.3. The van der Waals surface area contributed by atoms with E-state index < -0.39 is 15.9 Å². The molecule has 0 saturated heterocycles. The molecule has 1 amide bonds. The molecule has 3 aromatic carbocycles. The van der Waals surface area contributed by atoms with Gasteiger partial charge in [0.1, 0.15) is 0 Å². The average molecular weight is 487 g/mol. The number of hydrogen-bond donors (Lipinski definition) is 1. The zero-order valence-electron chi connectivity index (χ0n) is 16.3. The van der Waals surface area contributed by atoms with Crippen LogP contribution in [0.2, 0.25) is 0 Å². The molecule has 0 bridgehead atoms. The molecule has 0 atom stereocenters. The van der Waals surface area contributed by atoms with Gasteiger partial charge in [-0.05, 0) is 70.5 Å². The van der Waals surface area contributed by atoms with Crippen molar-refractivity contribution in [2.24, 2.45) is 10.2 Å². The predicted octanol–water partition coefficient (Wildman–Crippen LogP) is 5.37. The second kappa shape index (κ2) is 9.29. The van der Waals surface area contributed by atoms with Crippen molar-refractivity contribution in [3.63, 3.8) is 0 Å². The van der Waals surface area contributed by atoms with Crippen LogP contribution in [0, 0.1) is 0 Å². The van der Waals surface area contributed by atoms with Gasteiger partial charge in [0.2, 0.25) is 10.0 Å². The summed E-state index contributed by atoms with van der Waals surface area (Å²) in [4.78, 5) is 12.6. The fourth-order valence-electron chi connectivity index (χ4n) is 2.46. The summed E-state index contributed by atoms with van der Waals surface area (Å²) in [6.45, 7) is 0. The van der Waals surface area contributed by atoms with E-state index in [0.29, 0.717) is 15.8 Å². The van der Waals surface area contributed by atoms with Crippen LogP contribution in [0.25, 0.3) is 0 Å². The fraction of sp³-hybridized carbons (Fsp3) is 0.0952. The van der Waals surface area contributed by atoms with Crippen molar-refractivity contribution in [1.82, 2.24) is 4.31 Å². The molecule has 1 N–H and O–H groups in total. The number of sulfonamides is 1. The monoisotopic (exact) mass is 486 g/mol. The minimum Gasteiger partial charge on any atom is -0.322 e. The SMILES string of the molecule is CN(C)S(=O)(=O)c1cc(C(=O)Nc2ccc(N=Nc3ccccc3)cc2)ccc1Br. The number of hydrogen-bond acceptors (Lipinski definition) is 5. The van der Waals surface area contributed by atoms with Gasteiger partial charge in [-0.3, -0.25) is 4.79 Å². The van der Waals surface area contributed by atoms with E-state index >= 15 is 0 Å². The Morgan fingerprint density at radius 2 is 1.50 bits per heavy atom. The van der Waals surface area contributed by atoms with Gasteiger partial charge in [0.15, 0.2) is 0 Å². The molecule has 30 heavy (non-hydrogen) atoms. The number of rotatable bonds is 6. The third kappa shape index (κ3) is 5.18. The van der Waals surface area contributed by atoms with E-state index in [9.17, 15) is 13.2 Å². The van der Waals surface area contributed by atoms with Gasteiger partial charge in [-0.25, -0.2) is 12.7 Å². The number of anilines is 1. The molecule has 3 rings (SSSR count). The van der Waals surface area contributed by atoms with Crippen LogP contribution in [-0.4, -0.2) is 32.7 Å². The zero-order chi connectivity index (χ0) is 21.7. The lowest BCUT2D eigenvalue weighted by molar-refractivity contribution is 0.102. The Labute approximate surface area is 183 Å². The molecule has 0 spiro atoms. The van der Waals surface area contributed by atoms with Crippen LogP contribution < -0.4 is 5.32 Å². The Bertz CT molecular complexity index is 1180. The van der Waals surface area contributed by atoms with Crippen LogP contribution >= 0.6 is 15.9 Å². The van der Waals surface area contributed by atoms with Gasteiger partial charge in [0.05, 0.1) is 16.3 Å². The van der Waals surface area contributed by atoms with Gasteiger partial charge in [-0.2, -0.15) is 10.2 Å². The molecular formula is C21H19BrN4O3S. The van der Waals surface area contributed by atoms with E-state index in [-0.39, 0.29) is 10.5 Å². The van der Waals surface area contributed by atoms with Crippen molar-refractivity contribution in [1.29, 1.82) is 0 Å². The lowest BCUT2D eigenvalue weighted by Crippen LogP contribution is -2.23. The molecule has 0 aliphatic heterocycles. The molecule has 0 fully saturated rings. The van der Waals surface area contributed by atoms with E-state index in [1.807, 2.05) is 30.3 Å². The Morgan fingerprint density at radius 1 is 0.900 bits per heavy atom. The van der Waals surface area contributed by atoms with Crippen molar-refractivity contribution in [2.45, 2.75) is 4.90 Å². The lowest BCUT2D eigenvalue weighted by Gasteiger charge is -2.14. The maximum absolute atomic E-state index is 12.6. The van der Waals surface area contributed by atoms with E-state index in [0.717, 1.165) is 9.99 Å². The Balaban J connectivity index is 1.74. The maximum atomic E-state index is 12.6. The number of nitrogens with zero attached hydrogens (tertiary/aromatic N) is 3. The van der Waals surface area contributed by atoms with Gasteiger partial charge in [-0.15, -0.1) is 0 Å². The fourth-order valence-corrected chi connectivity index (χ4v) is 4.31. The van der Waals surface area contributed by atoms with Crippen LogP contribution in [0.1, 0.15) is 10.4 Å². The lowest BCUT2D eigenvalue weighted by atomic mass is 10.2. The smallest absolute Gasteiger partial charge is 0.255 e. The number of amides is 1. The third-order valence-electron chi connectivity index (χ3n) is 4.11. The third-order valence-corrected chi connectivity index (χ3v) is 6.92. The summed E-state index contributed by atoms with van der Waals surface area (Å²) in [5, 5.41) is 11.0. The molecule has 0 unspecified atom stereocenters. The number of benzene rings is 3. The van der Waals surface area contributed by atoms with Crippen molar-refractivity contribution < 1.29 is 13.2 Å². The highest BCUT2D eigenvalue weighted by Crippen LogP contribution is 2.26. The Morgan fingerprint density at radius 3 is 2.10 bits per heavy atom. The second-order valence-electron chi connectivity index (χ2n) is 6.47. The molecule has 0 heterocycles. The first-order valence-corrected chi connectivity index (χ1v) is 11.1. The topological polar surface area (TPSA) is 91.2 Å². The highest BCUT2D eigenvalue weighted by atomic mass is 79.9. The standard InChI is InChI=1S/C21H19BrN4O3S/c1-26(2)30(28,29)20-14-15(8-13-19(20)22)21(27)23-16-9-11-18(12-10-16)25-24-17-6-4-3-5-7-17/h3-14H,1-2H3,(H,23,27). The predicted molar refractivity (Wildman–Crippen MR) is 120 cm³/mol.